The number of benzene rings is 2. The van der Waals surface area contributed by atoms with Gasteiger partial charge in [0.1, 0.15) is 12.1 Å². The zero-order chi connectivity index (χ0) is 20.8. The van der Waals surface area contributed by atoms with E-state index in [4.69, 9.17) is 9.15 Å². The fourth-order valence-electron chi connectivity index (χ4n) is 2.86. The zero-order valence-corrected chi connectivity index (χ0v) is 16.1. The quantitative estimate of drug-likeness (QED) is 0.494. The summed E-state index contributed by atoms with van der Waals surface area (Å²) in [5.74, 6) is 0.379. The zero-order valence-electron chi connectivity index (χ0n) is 16.1. The highest BCUT2D eigenvalue weighted by molar-refractivity contribution is 5.52. The Labute approximate surface area is 166 Å². The first-order chi connectivity index (χ1) is 13.9. The molecule has 0 amide bonds. The number of hydrogen-bond donors (Lipinski definition) is 0. The lowest BCUT2D eigenvalue weighted by molar-refractivity contribution is -0.0514. The molecule has 154 valence electrons. The van der Waals surface area contributed by atoms with Gasteiger partial charge in [-0.2, -0.15) is 8.78 Å². The van der Waals surface area contributed by atoms with Crippen molar-refractivity contribution < 1.29 is 27.1 Å². The van der Waals surface area contributed by atoms with Crippen LogP contribution in [0.2, 0.25) is 0 Å². The maximum absolute atomic E-state index is 13.0. The van der Waals surface area contributed by atoms with Crippen LogP contribution in [0.5, 0.6) is 11.5 Å². The van der Waals surface area contributed by atoms with Gasteiger partial charge in [0.05, 0.1) is 12.3 Å². The number of hydrogen-bond acceptors (Lipinski definition) is 5. The second-order valence-corrected chi connectivity index (χ2v) is 6.42. The topological polar surface area (TPSA) is 47.7 Å². The lowest BCUT2D eigenvalue weighted by Crippen LogP contribution is -2.17. The molecule has 1 heterocycles. The molecule has 5 nitrogen and oxygen atoms in total. The van der Waals surface area contributed by atoms with E-state index in [1.807, 2.05) is 11.9 Å². The van der Waals surface area contributed by atoms with Gasteiger partial charge in [-0.1, -0.05) is 6.07 Å². The number of ether oxygens (including phenoxy) is 2. The minimum atomic E-state index is -2.91. The van der Waals surface area contributed by atoms with Crippen molar-refractivity contribution in [1.29, 1.82) is 0 Å². The smallest absolute Gasteiger partial charge is 0.387 e. The Bertz CT molecular complexity index is 929. The molecule has 3 aromatic rings. The van der Waals surface area contributed by atoms with Crippen molar-refractivity contribution in [3.63, 3.8) is 0 Å². The van der Waals surface area contributed by atoms with Crippen LogP contribution in [0.4, 0.5) is 13.2 Å². The van der Waals surface area contributed by atoms with Gasteiger partial charge in [0.15, 0.2) is 11.5 Å². The number of oxazole rings is 1. The lowest BCUT2D eigenvalue weighted by atomic mass is 10.2. The Kier molecular flexibility index (Phi) is 6.77. The molecular weight excluding hydrogens is 385 g/mol. The molecule has 0 saturated heterocycles. The molecule has 0 bridgehead atoms. The summed E-state index contributed by atoms with van der Waals surface area (Å²) in [5, 5.41) is 0. The molecule has 0 N–H and O–H groups in total. The molecular formula is C21H21F3N2O3. The van der Waals surface area contributed by atoms with Gasteiger partial charge in [-0.05, 0) is 55.9 Å². The highest BCUT2D eigenvalue weighted by Gasteiger charge is 2.13. The van der Waals surface area contributed by atoms with Gasteiger partial charge >= 0.3 is 6.61 Å². The fraction of sp³-hybridized carbons (Fsp3) is 0.286. The maximum atomic E-state index is 13.0. The molecule has 0 aliphatic heterocycles. The molecule has 2 aromatic carbocycles. The van der Waals surface area contributed by atoms with Crippen molar-refractivity contribution in [3.8, 4) is 23.0 Å². The van der Waals surface area contributed by atoms with Crippen molar-refractivity contribution in [3.05, 3.63) is 65.8 Å². The summed E-state index contributed by atoms with van der Waals surface area (Å²) in [7, 11) is 1.90. The third kappa shape index (κ3) is 5.74. The van der Waals surface area contributed by atoms with Crippen LogP contribution in [0.3, 0.4) is 0 Å². The van der Waals surface area contributed by atoms with Crippen molar-refractivity contribution >= 4 is 0 Å². The molecule has 0 fully saturated rings. The van der Waals surface area contributed by atoms with Crippen LogP contribution in [0, 0.1) is 5.82 Å². The van der Waals surface area contributed by atoms with E-state index in [0.29, 0.717) is 31.2 Å². The Morgan fingerprint density at radius 1 is 1.07 bits per heavy atom. The number of rotatable bonds is 9. The van der Waals surface area contributed by atoms with E-state index in [0.717, 1.165) is 11.3 Å². The summed E-state index contributed by atoms with van der Waals surface area (Å²) in [5.41, 5.74) is 2.28. The minimum absolute atomic E-state index is 0.00805. The van der Waals surface area contributed by atoms with Crippen molar-refractivity contribution in [1.82, 2.24) is 9.88 Å². The van der Waals surface area contributed by atoms with Gasteiger partial charge in [0.25, 0.3) is 0 Å². The predicted octanol–water partition coefficient (Wildman–Crippen LogP) is 5.11. The van der Waals surface area contributed by atoms with Gasteiger partial charge in [-0.25, -0.2) is 9.37 Å². The summed E-state index contributed by atoms with van der Waals surface area (Å²) in [6, 6.07) is 10.8. The number of halogens is 3. The fourth-order valence-corrected chi connectivity index (χ4v) is 2.86. The van der Waals surface area contributed by atoms with E-state index in [9.17, 15) is 13.2 Å². The first-order valence-corrected chi connectivity index (χ1v) is 9.04. The van der Waals surface area contributed by atoms with Crippen LogP contribution < -0.4 is 9.47 Å². The summed E-state index contributed by atoms with van der Waals surface area (Å²) in [4.78, 5) is 6.42. The van der Waals surface area contributed by atoms with E-state index in [1.165, 1.54) is 18.2 Å². The number of alkyl halides is 2. The van der Waals surface area contributed by atoms with Gasteiger partial charge in [-0.15, -0.1) is 0 Å². The standard InChI is InChI=1S/C21H21F3N2O3/c1-3-27-19-10-14(4-9-18(19)29-21(23)24)11-26(2)12-17-13-28-20(25-17)15-5-7-16(22)8-6-15/h4-10,13,21H,3,11-12H2,1-2H3. The second-order valence-electron chi connectivity index (χ2n) is 6.42. The molecule has 0 aliphatic rings. The molecule has 8 heteroatoms. The van der Waals surface area contributed by atoms with Gasteiger partial charge in [0, 0.05) is 18.7 Å². The number of aromatic nitrogens is 1. The third-order valence-corrected chi connectivity index (χ3v) is 4.05. The number of nitrogens with zero attached hydrogens (tertiary/aromatic N) is 2. The van der Waals surface area contributed by atoms with E-state index < -0.39 is 6.61 Å². The summed E-state index contributed by atoms with van der Waals surface area (Å²) in [6.07, 6.45) is 1.56. The molecule has 3 rings (SSSR count). The van der Waals surface area contributed by atoms with Crippen LogP contribution in [0.25, 0.3) is 11.5 Å². The highest BCUT2D eigenvalue weighted by atomic mass is 19.3. The minimum Gasteiger partial charge on any atom is -0.490 e. The van der Waals surface area contributed by atoms with E-state index in [1.54, 1.807) is 37.5 Å². The first kappa shape index (κ1) is 20.7. The van der Waals surface area contributed by atoms with E-state index >= 15 is 0 Å². The SMILES string of the molecule is CCOc1cc(CN(C)Cc2coc(-c3ccc(F)cc3)n2)ccc1OC(F)F. The average Bonchev–Trinajstić information content (AvgIpc) is 3.12. The molecule has 0 saturated carbocycles. The second kappa shape index (κ2) is 9.47. The molecule has 0 radical (unpaired) electrons. The van der Waals surface area contributed by atoms with Crippen molar-refractivity contribution in [2.75, 3.05) is 13.7 Å². The Balaban J connectivity index is 1.65. The summed E-state index contributed by atoms with van der Waals surface area (Å²) >= 11 is 0. The van der Waals surface area contributed by atoms with Gasteiger partial charge in [0.2, 0.25) is 5.89 Å². The largest absolute Gasteiger partial charge is 0.490 e. The molecule has 0 unspecified atom stereocenters. The maximum Gasteiger partial charge on any atom is 0.387 e. The third-order valence-electron chi connectivity index (χ3n) is 4.05. The molecule has 0 spiro atoms. The monoisotopic (exact) mass is 406 g/mol. The molecule has 0 atom stereocenters. The summed E-state index contributed by atoms with van der Waals surface area (Å²) < 4.78 is 53.4. The van der Waals surface area contributed by atoms with Crippen LogP contribution in [0.15, 0.2) is 53.1 Å². The van der Waals surface area contributed by atoms with Crippen molar-refractivity contribution in [2.24, 2.45) is 0 Å². The van der Waals surface area contributed by atoms with E-state index in [-0.39, 0.29) is 17.3 Å². The highest BCUT2D eigenvalue weighted by Crippen LogP contribution is 2.30. The van der Waals surface area contributed by atoms with Gasteiger partial charge < -0.3 is 13.9 Å². The first-order valence-electron chi connectivity index (χ1n) is 9.04. The van der Waals surface area contributed by atoms with Crippen LogP contribution in [-0.2, 0) is 13.1 Å². The van der Waals surface area contributed by atoms with E-state index in [2.05, 4.69) is 9.72 Å². The predicted molar refractivity (Wildman–Crippen MR) is 101 cm³/mol. The normalized spacial score (nSPS) is 11.3. The van der Waals surface area contributed by atoms with Crippen LogP contribution in [-0.4, -0.2) is 30.1 Å². The van der Waals surface area contributed by atoms with Crippen LogP contribution in [0.1, 0.15) is 18.2 Å². The van der Waals surface area contributed by atoms with Crippen LogP contribution >= 0.6 is 0 Å². The average molecular weight is 406 g/mol. The Hall–Kier alpha value is -3.00. The Morgan fingerprint density at radius 2 is 1.83 bits per heavy atom. The van der Waals surface area contributed by atoms with Crippen molar-refractivity contribution in [2.45, 2.75) is 26.6 Å². The Morgan fingerprint density at radius 3 is 2.52 bits per heavy atom. The lowest BCUT2D eigenvalue weighted by Gasteiger charge is -2.17. The molecule has 29 heavy (non-hydrogen) atoms. The summed E-state index contributed by atoms with van der Waals surface area (Å²) in [6.45, 7) is 0.237. The van der Waals surface area contributed by atoms with Gasteiger partial charge in [-0.3, -0.25) is 4.90 Å². The molecule has 1 aromatic heterocycles. The molecule has 0 aliphatic carbocycles.